The molecule has 0 aromatic heterocycles. The van der Waals surface area contributed by atoms with Crippen molar-refractivity contribution in [1.29, 1.82) is 0 Å². The van der Waals surface area contributed by atoms with Gasteiger partial charge in [0.2, 0.25) is 0 Å². The maximum absolute atomic E-state index is 12.7. The molecule has 7 heteroatoms. The van der Waals surface area contributed by atoms with Crippen LogP contribution in [0.4, 0.5) is 4.39 Å². The standard InChI is InChI=1S/C15H21FN2O3.ClH/c1-18(15(19)14-11-17-7-10-21-14)8-2-9-20-13-5-3-12(16)4-6-13;/h3-6,14,17H,2,7-11H2,1H3;1H. The van der Waals surface area contributed by atoms with Gasteiger partial charge in [0.25, 0.3) is 5.91 Å². The smallest absolute Gasteiger partial charge is 0.252 e. The van der Waals surface area contributed by atoms with E-state index in [1.54, 1.807) is 24.1 Å². The highest BCUT2D eigenvalue weighted by atomic mass is 35.5. The third-order valence-corrected chi connectivity index (χ3v) is 3.30. The molecule has 0 saturated carbocycles. The van der Waals surface area contributed by atoms with E-state index >= 15 is 0 Å². The second-order valence-electron chi connectivity index (χ2n) is 4.98. The lowest BCUT2D eigenvalue weighted by atomic mass is 10.2. The van der Waals surface area contributed by atoms with Crippen LogP contribution >= 0.6 is 12.4 Å². The van der Waals surface area contributed by atoms with Gasteiger partial charge in [0, 0.05) is 26.7 Å². The van der Waals surface area contributed by atoms with Gasteiger partial charge in [0.05, 0.1) is 13.2 Å². The number of benzene rings is 1. The number of hydrogen-bond acceptors (Lipinski definition) is 4. The average Bonchev–Trinajstić information content (AvgIpc) is 2.53. The summed E-state index contributed by atoms with van der Waals surface area (Å²) in [5.74, 6) is 0.336. The van der Waals surface area contributed by atoms with Gasteiger partial charge in [-0.2, -0.15) is 0 Å². The minimum absolute atomic E-state index is 0. The number of hydrogen-bond donors (Lipinski definition) is 1. The molecule has 22 heavy (non-hydrogen) atoms. The first kappa shape index (κ1) is 18.7. The summed E-state index contributed by atoms with van der Waals surface area (Å²) >= 11 is 0. The number of carbonyl (C=O) groups is 1. The summed E-state index contributed by atoms with van der Waals surface area (Å²) in [4.78, 5) is 13.7. The van der Waals surface area contributed by atoms with Crippen molar-refractivity contribution >= 4 is 18.3 Å². The Morgan fingerprint density at radius 1 is 1.45 bits per heavy atom. The second kappa shape index (κ2) is 9.61. The van der Waals surface area contributed by atoms with Crippen LogP contribution in [0.3, 0.4) is 0 Å². The van der Waals surface area contributed by atoms with Crippen molar-refractivity contribution in [1.82, 2.24) is 10.2 Å². The van der Waals surface area contributed by atoms with Gasteiger partial charge >= 0.3 is 0 Å². The summed E-state index contributed by atoms with van der Waals surface area (Å²) in [6.07, 6.45) is 0.321. The Morgan fingerprint density at radius 2 is 2.18 bits per heavy atom. The number of amides is 1. The zero-order valence-corrected chi connectivity index (χ0v) is 13.4. The van der Waals surface area contributed by atoms with Crippen molar-refractivity contribution in [2.45, 2.75) is 12.5 Å². The fourth-order valence-corrected chi connectivity index (χ4v) is 2.10. The van der Waals surface area contributed by atoms with Crippen molar-refractivity contribution in [3.63, 3.8) is 0 Å². The average molecular weight is 333 g/mol. The van der Waals surface area contributed by atoms with Crippen LogP contribution < -0.4 is 10.1 Å². The molecule has 1 aliphatic heterocycles. The molecule has 1 unspecified atom stereocenters. The number of nitrogens with zero attached hydrogens (tertiary/aromatic N) is 1. The molecule has 1 saturated heterocycles. The van der Waals surface area contributed by atoms with E-state index in [0.717, 1.165) is 6.54 Å². The van der Waals surface area contributed by atoms with Crippen LogP contribution in [0.15, 0.2) is 24.3 Å². The van der Waals surface area contributed by atoms with E-state index < -0.39 is 0 Å². The Balaban J connectivity index is 0.00000242. The number of ether oxygens (including phenoxy) is 2. The van der Waals surface area contributed by atoms with Crippen LogP contribution in [0.5, 0.6) is 5.75 Å². The molecule has 5 nitrogen and oxygen atoms in total. The lowest BCUT2D eigenvalue weighted by molar-refractivity contribution is -0.143. The monoisotopic (exact) mass is 332 g/mol. The molecule has 124 valence electrons. The summed E-state index contributed by atoms with van der Waals surface area (Å²) in [5, 5.41) is 3.14. The van der Waals surface area contributed by atoms with Crippen molar-refractivity contribution in [3.8, 4) is 5.75 Å². The maximum atomic E-state index is 12.7. The SMILES string of the molecule is CN(CCCOc1ccc(F)cc1)C(=O)C1CNCCO1.Cl. The molecule has 1 aromatic carbocycles. The van der Waals surface area contributed by atoms with Gasteiger partial charge in [0.1, 0.15) is 17.7 Å². The number of carbonyl (C=O) groups excluding carboxylic acids is 1. The number of nitrogens with one attached hydrogen (secondary N) is 1. The highest BCUT2D eigenvalue weighted by molar-refractivity contribution is 5.85. The van der Waals surface area contributed by atoms with Gasteiger partial charge in [-0.1, -0.05) is 0 Å². The Bertz CT molecular complexity index is 453. The molecule has 0 radical (unpaired) electrons. The zero-order valence-electron chi connectivity index (χ0n) is 12.6. The molecule has 1 aliphatic rings. The number of likely N-dealkylation sites (N-methyl/N-ethyl adjacent to an activating group) is 1. The molecule has 1 amide bonds. The van der Waals surface area contributed by atoms with Gasteiger partial charge in [0.15, 0.2) is 0 Å². The fraction of sp³-hybridized carbons (Fsp3) is 0.533. The molecule has 1 fully saturated rings. The maximum Gasteiger partial charge on any atom is 0.252 e. The van der Waals surface area contributed by atoms with E-state index in [-0.39, 0.29) is 30.2 Å². The van der Waals surface area contributed by atoms with E-state index in [4.69, 9.17) is 9.47 Å². The van der Waals surface area contributed by atoms with Crippen molar-refractivity contribution in [2.24, 2.45) is 0 Å². The third-order valence-electron chi connectivity index (χ3n) is 3.30. The molecule has 0 spiro atoms. The largest absolute Gasteiger partial charge is 0.494 e. The van der Waals surface area contributed by atoms with Crippen LogP contribution in [0, 0.1) is 5.82 Å². The van der Waals surface area contributed by atoms with Gasteiger partial charge in [-0.3, -0.25) is 4.79 Å². The Labute approximate surface area is 136 Å². The van der Waals surface area contributed by atoms with Crippen LogP contribution in [0.25, 0.3) is 0 Å². The summed E-state index contributed by atoms with van der Waals surface area (Å²) in [7, 11) is 1.76. The zero-order chi connectivity index (χ0) is 15.1. The first-order chi connectivity index (χ1) is 10.2. The molecule has 2 rings (SSSR count). The van der Waals surface area contributed by atoms with Crippen LogP contribution in [-0.2, 0) is 9.53 Å². The lowest BCUT2D eigenvalue weighted by Gasteiger charge is -2.27. The summed E-state index contributed by atoms with van der Waals surface area (Å²) < 4.78 is 23.6. The Hall–Kier alpha value is -1.37. The minimum atomic E-state index is -0.387. The van der Waals surface area contributed by atoms with Gasteiger partial charge in [-0.15, -0.1) is 12.4 Å². The lowest BCUT2D eigenvalue weighted by Crippen LogP contribution is -2.48. The molecule has 1 aromatic rings. The third kappa shape index (κ3) is 5.79. The van der Waals surface area contributed by atoms with Gasteiger partial charge < -0.3 is 19.7 Å². The number of rotatable bonds is 6. The molecular weight excluding hydrogens is 311 g/mol. The topological polar surface area (TPSA) is 50.8 Å². The highest BCUT2D eigenvalue weighted by Gasteiger charge is 2.24. The van der Waals surface area contributed by atoms with E-state index in [9.17, 15) is 9.18 Å². The summed E-state index contributed by atoms with van der Waals surface area (Å²) in [5.41, 5.74) is 0. The quantitative estimate of drug-likeness (QED) is 0.801. The summed E-state index contributed by atoms with van der Waals surface area (Å²) in [6, 6.07) is 5.90. The van der Waals surface area contributed by atoms with E-state index in [1.807, 2.05) is 0 Å². The molecule has 1 heterocycles. The first-order valence-corrected chi connectivity index (χ1v) is 7.12. The number of morpholine rings is 1. The molecule has 0 bridgehead atoms. The first-order valence-electron chi connectivity index (χ1n) is 7.12. The molecule has 1 N–H and O–H groups in total. The Morgan fingerprint density at radius 3 is 2.82 bits per heavy atom. The van der Waals surface area contributed by atoms with E-state index in [2.05, 4.69) is 5.32 Å². The molecule has 1 atom stereocenters. The van der Waals surface area contributed by atoms with Crippen LogP contribution in [-0.4, -0.2) is 56.8 Å². The van der Waals surface area contributed by atoms with Crippen molar-refractivity contribution < 1.29 is 18.7 Å². The number of halogens is 2. The van der Waals surface area contributed by atoms with Crippen LogP contribution in [0.1, 0.15) is 6.42 Å². The van der Waals surface area contributed by atoms with Crippen molar-refractivity contribution in [3.05, 3.63) is 30.1 Å². The van der Waals surface area contributed by atoms with Gasteiger partial charge in [-0.25, -0.2) is 4.39 Å². The van der Waals surface area contributed by atoms with Crippen molar-refractivity contribution in [2.75, 3.05) is 39.9 Å². The highest BCUT2D eigenvalue weighted by Crippen LogP contribution is 2.11. The Kier molecular flexibility index (Phi) is 8.16. The predicted molar refractivity (Wildman–Crippen MR) is 84.0 cm³/mol. The summed E-state index contributed by atoms with van der Waals surface area (Å²) in [6.45, 7) is 3.00. The van der Waals surface area contributed by atoms with Gasteiger partial charge in [-0.05, 0) is 30.7 Å². The predicted octanol–water partition coefficient (Wildman–Crippen LogP) is 1.46. The minimum Gasteiger partial charge on any atom is -0.494 e. The van der Waals surface area contributed by atoms with Crippen LogP contribution in [0.2, 0.25) is 0 Å². The fourth-order valence-electron chi connectivity index (χ4n) is 2.10. The normalized spacial score (nSPS) is 17.5. The molecular formula is C15H22ClFN2O3. The second-order valence-corrected chi connectivity index (χ2v) is 4.98. The molecule has 0 aliphatic carbocycles. The van der Waals surface area contributed by atoms with E-state index in [1.165, 1.54) is 12.1 Å². The van der Waals surface area contributed by atoms with E-state index in [0.29, 0.717) is 38.5 Å².